The van der Waals surface area contributed by atoms with Gasteiger partial charge in [0.2, 0.25) is 0 Å². The van der Waals surface area contributed by atoms with Crippen molar-refractivity contribution in [1.82, 2.24) is 19.8 Å². The summed E-state index contributed by atoms with van der Waals surface area (Å²) in [7, 11) is 0. The number of carbonyl (C=O) groups excluding carboxylic acids is 3. The molecule has 3 amide bonds. The fourth-order valence-corrected chi connectivity index (χ4v) is 4.08. The van der Waals surface area contributed by atoms with E-state index >= 15 is 0 Å². The maximum atomic E-state index is 12.6. The molecule has 0 spiro atoms. The average molecular weight is 433 g/mol. The predicted molar refractivity (Wildman–Crippen MR) is 120 cm³/mol. The van der Waals surface area contributed by atoms with Crippen molar-refractivity contribution in [1.29, 1.82) is 0 Å². The quantitative estimate of drug-likeness (QED) is 0.601. The van der Waals surface area contributed by atoms with Gasteiger partial charge in [-0.15, -0.1) is 0 Å². The number of amides is 3. The number of thioether (sulfide) groups is 1. The Hall–Kier alpha value is -3.65. The SMILES string of the molecule is Cc1ccc(C(=O)NCCN2C(=O)S/C(=C\c3cccnc3)C2=O)cc1-n1cccc1. The number of nitrogens with one attached hydrogen (secondary N) is 1. The third kappa shape index (κ3) is 4.59. The molecule has 7 nitrogen and oxygen atoms in total. The van der Waals surface area contributed by atoms with Gasteiger partial charge in [-0.2, -0.15) is 0 Å². The van der Waals surface area contributed by atoms with Gasteiger partial charge in [0.25, 0.3) is 17.1 Å². The summed E-state index contributed by atoms with van der Waals surface area (Å²) in [5.74, 6) is -0.621. The topological polar surface area (TPSA) is 84.3 Å². The normalized spacial score (nSPS) is 15.0. The van der Waals surface area contributed by atoms with Crippen molar-refractivity contribution in [2.45, 2.75) is 6.92 Å². The molecule has 0 saturated carbocycles. The van der Waals surface area contributed by atoms with E-state index in [0.717, 1.165) is 33.5 Å². The van der Waals surface area contributed by atoms with Crippen molar-refractivity contribution in [3.63, 3.8) is 0 Å². The van der Waals surface area contributed by atoms with Crippen LogP contribution in [0.25, 0.3) is 11.8 Å². The highest BCUT2D eigenvalue weighted by molar-refractivity contribution is 8.18. The molecule has 1 saturated heterocycles. The predicted octanol–water partition coefficient (Wildman–Crippen LogP) is 3.65. The maximum Gasteiger partial charge on any atom is 0.293 e. The minimum absolute atomic E-state index is 0.108. The van der Waals surface area contributed by atoms with Gasteiger partial charge in [0.05, 0.1) is 4.91 Å². The van der Waals surface area contributed by atoms with Crippen LogP contribution in [0.5, 0.6) is 0 Å². The Morgan fingerprint density at radius 1 is 1.16 bits per heavy atom. The lowest BCUT2D eigenvalue weighted by molar-refractivity contribution is -0.122. The molecule has 31 heavy (non-hydrogen) atoms. The van der Waals surface area contributed by atoms with Gasteiger partial charge in [-0.3, -0.25) is 24.3 Å². The summed E-state index contributed by atoms with van der Waals surface area (Å²) in [6, 6.07) is 12.9. The number of hydrogen-bond acceptors (Lipinski definition) is 5. The van der Waals surface area contributed by atoms with E-state index < -0.39 is 0 Å². The molecule has 0 aliphatic carbocycles. The molecule has 3 heterocycles. The largest absolute Gasteiger partial charge is 0.350 e. The zero-order valence-corrected chi connectivity index (χ0v) is 17.6. The zero-order chi connectivity index (χ0) is 21.8. The second kappa shape index (κ2) is 9.01. The number of nitrogens with zero attached hydrogens (tertiary/aromatic N) is 3. The van der Waals surface area contributed by atoms with E-state index in [-0.39, 0.29) is 30.1 Å². The van der Waals surface area contributed by atoms with Gasteiger partial charge in [0.1, 0.15) is 0 Å². The van der Waals surface area contributed by atoms with Crippen LogP contribution in [0.15, 0.2) is 72.2 Å². The molecule has 1 aromatic carbocycles. The van der Waals surface area contributed by atoms with Gasteiger partial charge >= 0.3 is 0 Å². The number of benzene rings is 1. The van der Waals surface area contributed by atoms with E-state index in [4.69, 9.17) is 0 Å². The van der Waals surface area contributed by atoms with Gasteiger partial charge in [-0.05, 0) is 66.2 Å². The van der Waals surface area contributed by atoms with Crippen molar-refractivity contribution >= 4 is 34.9 Å². The third-order valence-corrected chi connectivity index (χ3v) is 5.74. The van der Waals surface area contributed by atoms with Crippen LogP contribution in [-0.4, -0.2) is 44.6 Å². The first-order chi connectivity index (χ1) is 15.0. The summed E-state index contributed by atoms with van der Waals surface area (Å²) < 4.78 is 1.95. The molecule has 0 radical (unpaired) electrons. The minimum Gasteiger partial charge on any atom is -0.350 e. The van der Waals surface area contributed by atoms with Crippen molar-refractivity contribution in [3.8, 4) is 5.69 Å². The van der Waals surface area contributed by atoms with Crippen molar-refractivity contribution in [3.05, 3.63) is 88.8 Å². The molecule has 3 aromatic rings. The molecule has 1 aliphatic rings. The Bertz CT molecular complexity index is 1160. The number of aromatic nitrogens is 2. The number of carbonyl (C=O) groups is 3. The van der Waals surface area contributed by atoms with Gasteiger partial charge in [-0.1, -0.05) is 12.1 Å². The molecular formula is C23H20N4O3S. The molecule has 1 aliphatic heterocycles. The Morgan fingerprint density at radius 2 is 1.97 bits per heavy atom. The van der Waals surface area contributed by atoms with Crippen LogP contribution < -0.4 is 5.32 Å². The van der Waals surface area contributed by atoms with Crippen LogP contribution in [0.4, 0.5) is 4.79 Å². The standard InChI is InChI=1S/C23H20N4O3S/c1-16-6-7-18(14-19(16)26-10-2-3-11-26)21(28)25-9-12-27-22(29)20(31-23(27)30)13-17-5-4-8-24-15-17/h2-8,10-11,13-15H,9,12H2,1H3,(H,25,28)/b20-13-. The van der Waals surface area contributed by atoms with E-state index in [2.05, 4.69) is 10.3 Å². The maximum absolute atomic E-state index is 12.6. The summed E-state index contributed by atoms with van der Waals surface area (Å²) in [5.41, 5.74) is 3.23. The van der Waals surface area contributed by atoms with Gasteiger partial charge in [0.15, 0.2) is 0 Å². The number of pyridine rings is 1. The summed E-state index contributed by atoms with van der Waals surface area (Å²) >= 11 is 0.889. The Morgan fingerprint density at radius 3 is 2.71 bits per heavy atom. The lowest BCUT2D eigenvalue weighted by atomic mass is 10.1. The van der Waals surface area contributed by atoms with Crippen LogP contribution in [0.3, 0.4) is 0 Å². The number of hydrogen-bond donors (Lipinski definition) is 1. The molecule has 2 aromatic heterocycles. The molecule has 0 bridgehead atoms. The van der Waals surface area contributed by atoms with E-state index in [9.17, 15) is 14.4 Å². The first kappa shape index (κ1) is 20.6. The average Bonchev–Trinajstić information content (AvgIpc) is 3.39. The molecule has 8 heteroatoms. The van der Waals surface area contributed by atoms with E-state index in [1.807, 2.05) is 54.2 Å². The van der Waals surface area contributed by atoms with Crippen LogP contribution in [0.2, 0.25) is 0 Å². The van der Waals surface area contributed by atoms with Crippen molar-refractivity contribution < 1.29 is 14.4 Å². The first-order valence-electron chi connectivity index (χ1n) is 9.70. The van der Waals surface area contributed by atoms with Gasteiger partial charge in [-0.25, -0.2) is 0 Å². The zero-order valence-electron chi connectivity index (χ0n) is 16.8. The molecule has 0 unspecified atom stereocenters. The summed E-state index contributed by atoms with van der Waals surface area (Å²) in [6.45, 7) is 2.26. The molecule has 4 rings (SSSR count). The fraction of sp³-hybridized carbons (Fsp3) is 0.130. The summed E-state index contributed by atoms with van der Waals surface area (Å²) in [6.07, 6.45) is 8.75. The summed E-state index contributed by atoms with van der Waals surface area (Å²) in [5, 5.41) is 2.44. The number of rotatable bonds is 6. The van der Waals surface area contributed by atoms with Crippen LogP contribution in [0, 0.1) is 6.92 Å². The van der Waals surface area contributed by atoms with Gasteiger partial charge < -0.3 is 9.88 Å². The monoisotopic (exact) mass is 432 g/mol. The smallest absolute Gasteiger partial charge is 0.293 e. The third-order valence-electron chi connectivity index (χ3n) is 4.83. The first-order valence-corrected chi connectivity index (χ1v) is 10.5. The number of imide groups is 1. The lowest BCUT2D eigenvalue weighted by Gasteiger charge is -2.14. The minimum atomic E-state index is -0.363. The molecule has 1 fully saturated rings. The van der Waals surface area contributed by atoms with Gasteiger partial charge in [0, 0.05) is 49.1 Å². The van der Waals surface area contributed by atoms with E-state index in [0.29, 0.717) is 10.5 Å². The second-order valence-corrected chi connectivity index (χ2v) is 7.96. The molecular weight excluding hydrogens is 412 g/mol. The fourth-order valence-electron chi connectivity index (χ4n) is 3.21. The van der Waals surface area contributed by atoms with Crippen LogP contribution in [0.1, 0.15) is 21.5 Å². The Labute approximate surface area is 183 Å². The summed E-state index contributed by atoms with van der Waals surface area (Å²) in [4.78, 5) is 42.9. The second-order valence-electron chi connectivity index (χ2n) is 6.97. The molecule has 156 valence electrons. The van der Waals surface area contributed by atoms with Crippen LogP contribution in [-0.2, 0) is 4.79 Å². The van der Waals surface area contributed by atoms with Crippen molar-refractivity contribution in [2.75, 3.05) is 13.1 Å². The molecule has 0 atom stereocenters. The Kier molecular flexibility index (Phi) is 5.99. The molecule has 1 N–H and O–H groups in total. The lowest BCUT2D eigenvalue weighted by Crippen LogP contribution is -2.37. The Balaban J connectivity index is 1.38. The van der Waals surface area contributed by atoms with Crippen molar-refractivity contribution in [2.24, 2.45) is 0 Å². The highest BCUT2D eigenvalue weighted by atomic mass is 32.2. The van der Waals surface area contributed by atoms with E-state index in [1.165, 1.54) is 0 Å². The number of aryl methyl sites for hydroxylation is 1. The highest BCUT2D eigenvalue weighted by Gasteiger charge is 2.34. The highest BCUT2D eigenvalue weighted by Crippen LogP contribution is 2.31. The van der Waals surface area contributed by atoms with Crippen LogP contribution >= 0.6 is 11.8 Å². The van der Waals surface area contributed by atoms with E-state index in [1.54, 1.807) is 30.6 Å².